The summed E-state index contributed by atoms with van der Waals surface area (Å²) >= 11 is 18.0. The molecule has 23 heavy (non-hydrogen) atoms. The molecule has 0 aliphatic carbocycles. The average molecular weight is 385 g/mol. The maximum absolute atomic E-state index is 12.3. The van der Waals surface area contributed by atoms with E-state index in [2.05, 4.69) is 5.32 Å². The molecule has 0 spiro atoms. The number of carbonyl (C=O) groups is 2. The highest BCUT2D eigenvalue weighted by atomic mass is 35.6. The van der Waals surface area contributed by atoms with Crippen LogP contribution in [-0.2, 0) is 19.1 Å². The molecule has 0 saturated heterocycles. The van der Waals surface area contributed by atoms with Gasteiger partial charge >= 0.3 is 11.9 Å². The van der Waals surface area contributed by atoms with Gasteiger partial charge in [-0.3, -0.25) is 0 Å². The van der Waals surface area contributed by atoms with Crippen molar-refractivity contribution >= 4 is 46.7 Å². The monoisotopic (exact) mass is 383 g/mol. The molecule has 0 aromatic carbocycles. The van der Waals surface area contributed by atoms with Gasteiger partial charge in [-0.05, 0) is 19.3 Å². The minimum absolute atomic E-state index is 0.102. The molecule has 1 rings (SSSR count). The standard InChI is InChI=1S/C15H20Cl3NO4/c1-7(2)6-9-10(13(20)22-4)8(3)19-12(15(16,17)18)11(9)14(21)23-5/h7,9,19H,6H2,1-5H3. The Morgan fingerprint density at radius 3 is 2.00 bits per heavy atom. The Morgan fingerprint density at radius 1 is 1.13 bits per heavy atom. The molecule has 130 valence electrons. The van der Waals surface area contributed by atoms with Crippen LogP contribution in [-0.4, -0.2) is 30.0 Å². The van der Waals surface area contributed by atoms with E-state index in [1.165, 1.54) is 14.2 Å². The van der Waals surface area contributed by atoms with E-state index in [1.807, 2.05) is 13.8 Å². The van der Waals surface area contributed by atoms with Crippen LogP contribution < -0.4 is 5.32 Å². The van der Waals surface area contributed by atoms with Crippen LogP contribution in [0.5, 0.6) is 0 Å². The molecule has 1 unspecified atom stereocenters. The second-order valence-electron chi connectivity index (χ2n) is 5.62. The Kier molecular flexibility index (Phi) is 6.81. The van der Waals surface area contributed by atoms with Crippen LogP contribution in [0.3, 0.4) is 0 Å². The second-order valence-corrected chi connectivity index (χ2v) is 7.90. The molecule has 1 N–H and O–H groups in total. The average Bonchev–Trinajstić information content (AvgIpc) is 2.43. The number of alkyl halides is 3. The quantitative estimate of drug-likeness (QED) is 0.593. The van der Waals surface area contributed by atoms with Gasteiger partial charge in [0.2, 0.25) is 3.79 Å². The third-order valence-corrected chi connectivity index (χ3v) is 4.05. The first kappa shape index (κ1) is 20.1. The van der Waals surface area contributed by atoms with Crippen LogP contribution in [0.2, 0.25) is 0 Å². The first-order valence-corrected chi connectivity index (χ1v) is 8.13. The summed E-state index contributed by atoms with van der Waals surface area (Å²) in [6, 6.07) is 0. The Labute approximate surface area is 150 Å². The number of hydrogen-bond acceptors (Lipinski definition) is 5. The lowest BCUT2D eigenvalue weighted by Crippen LogP contribution is -2.38. The zero-order valence-corrected chi connectivity index (χ0v) is 15.9. The van der Waals surface area contributed by atoms with Crippen molar-refractivity contribution < 1.29 is 19.1 Å². The summed E-state index contributed by atoms with van der Waals surface area (Å²) in [5.41, 5.74) is 1.05. The second kappa shape index (κ2) is 7.77. The molecule has 0 amide bonds. The first-order chi connectivity index (χ1) is 10.5. The zero-order valence-electron chi connectivity index (χ0n) is 13.6. The van der Waals surface area contributed by atoms with Gasteiger partial charge in [-0.2, -0.15) is 0 Å². The molecular formula is C15H20Cl3NO4. The van der Waals surface area contributed by atoms with Gasteiger partial charge in [0, 0.05) is 11.6 Å². The normalized spacial score (nSPS) is 18.9. The number of allylic oxidation sites excluding steroid dienone is 2. The van der Waals surface area contributed by atoms with E-state index in [4.69, 9.17) is 44.3 Å². The van der Waals surface area contributed by atoms with Crippen LogP contribution in [0.1, 0.15) is 27.2 Å². The SMILES string of the molecule is COC(=O)C1=C(C)NC(C(Cl)(Cl)Cl)=C(C(=O)OC)C1CC(C)C. The lowest BCUT2D eigenvalue weighted by molar-refractivity contribution is -0.137. The van der Waals surface area contributed by atoms with Gasteiger partial charge in [0.25, 0.3) is 0 Å². The lowest BCUT2D eigenvalue weighted by Gasteiger charge is -2.33. The van der Waals surface area contributed by atoms with E-state index in [0.29, 0.717) is 17.7 Å². The number of esters is 2. The topological polar surface area (TPSA) is 64.6 Å². The summed E-state index contributed by atoms with van der Waals surface area (Å²) in [4.78, 5) is 24.5. The van der Waals surface area contributed by atoms with E-state index in [1.54, 1.807) is 6.92 Å². The van der Waals surface area contributed by atoms with Crippen molar-refractivity contribution in [2.75, 3.05) is 14.2 Å². The zero-order chi connectivity index (χ0) is 17.9. The fraction of sp³-hybridized carbons (Fsp3) is 0.600. The largest absolute Gasteiger partial charge is 0.466 e. The number of hydrogen-bond donors (Lipinski definition) is 1. The Hall–Kier alpha value is -0.910. The summed E-state index contributed by atoms with van der Waals surface area (Å²) in [6.07, 6.45) is 0.498. The van der Waals surface area contributed by atoms with Gasteiger partial charge in [-0.15, -0.1) is 0 Å². The first-order valence-electron chi connectivity index (χ1n) is 7.00. The predicted octanol–water partition coefficient (Wildman–Crippen LogP) is 3.50. The maximum Gasteiger partial charge on any atom is 0.336 e. The van der Waals surface area contributed by atoms with Gasteiger partial charge in [0.1, 0.15) is 0 Å². The molecule has 5 nitrogen and oxygen atoms in total. The van der Waals surface area contributed by atoms with Crippen LogP contribution in [0.25, 0.3) is 0 Å². The minimum atomic E-state index is -1.86. The highest BCUT2D eigenvalue weighted by Crippen LogP contribution is 2.43. The van der Waals surface area contributed by atoms with Crippen LogP contribution >= 0.6 is 34.8 Å². The van der Waals surface area contributed by atoms with Gasteiger partial charge in [-0.1, -0.05) is 48.7 Å². The molecule has 0 aromatic heterocycles. The molecule has 0 radical (unpaired) electrons. The van der Waals surface area contributed by atoms with Gasteiger partial charge in [0.05, 0.1) is 31.1 Å². The number of ether oxygens (including phenoxy) is 2. The van der Waals surface area contributed by atoms with E-state index in [9.17, 15) is 9.59 Å². The summed E-state index contributed by atoms with van der Waals surface area (Å²) in [5.74, 6) is -1.59. The van der Waals surface area contributed by atoms with Crippen molar-refractivity contribution in [1.82, 2.24) is 5.32 Å². The van der Waals surface area contributed by atoms with Crippen LogP contribution in [0, 0.1) is 11.8 Å². The van der Waals surface area contributed by atoms with Crippen molar-refractivity contribution in [3.63, 3.8) is 0 Å². The molecule has 1 aliphatic heterocycles. The smallest absolute Gasteiger partial charge is 0.336 e. The lowest BCUT2D eigenvalue weighted by atomic mass is 9.80. The van der Waals surface area contributed by atoms with Gasteiger partial charge in [-0.25, -0.2) is 9.59 Å². The fourth-order valence-electron chi connectivity index (χ4n) is 2.59. The molecule has 0 bridgehead atoms. The van der Waals surface area contributed by atoms with Crippen molar-refractivity contribution in [2.24, 2.45) is 11.8 Å². The fourth-order valence-corrected chi connectivity index (χ4v) is 3.04. The van der Waals surface area contributed by atoms with E-state index in [-0.39, 0.29) is 17.2 Å². The Bertz CT molecular complexity index is 562. The number of dihydropyridines is 1. The maximum atomic E-state index is 12.3. The molecule has 0 fully saturated rings. The number of nitrogens with one attached hydrogen (secondary N) is 1. The van der Waals surface area contributed by atoms with Crippen LogP contribution in [0.4, 0.5) is 0 Å². The van der Waals surface area contributed by atoms with Gasteiger partial charge in [0.15, 0.2) is 0 Å². The highest BCUT2D eigenvalue weighted by Gasteiger charge is 2.43. The van der Waals surface area contributed by atoms with E-state index < -0.39 is 21.6 Å². The van der Waals surface area contributed by atoms with Crippen molar-refractivity contribution in [2.45, 2.75) is 31.0 Å². The molecule has 1 atom stereocenters. The molecule has 8 heteroatoms. The summed E-state index contributed by atoms with van der Waals surface area (Å²) < 4.78 is 7.82. The predicted molar refractivity (Wildman–Crippen MR) is 90.1 cm³/mol. The third-order valence-electron chi connectivity index (χ3n) is 3.48. The van der Waals surface area contributed by atoms with Crippen LogP contribution in [0.15, 0.2) is 22.5 Å². The van der Waals surface area contributed by atoms with Crippen molar-refractivity contribution in [3.8, 4) is 0 Å². The summed E-state index contributed by atoms with van der Waals surface area (Å²) in [6.45, 7) is 5.61. The molecular weight excluding hydrogens is 365 g/mol. The van der Waals surface area contributed by atoms with E-state index >= 15 is 0 Å². The highest BCUT2D eigenvalue weighted by molar-refractivity contribution is 6.69. The Morgan fingerprint density at radius 2 is 1.61 bits per heavy atom. The molecule has 1 aliphatic rings. The van der Waals surface area contributed by atoms with E-state index in [0.717, 1.165) is 0 Å². The number of rotatable bonds is 4. The van der Waals surface area contributed by atoms with Crippen molar-refractivity contribution in [1.29, 1.82) is 0 Å². The minimum Gasteiger partial charge on any atom is -0.466 e. The molecule has 0 saturated carbocycles. The number of methoxy groups -OCH3 is 2. The summed E-state index contributed by atoms with van der Waals surface area (Å²) in [7, 11) is 2.52. The number of carbonyl (C=O) groups excluding carboxylic acids is 2. The third kappa shape index (κ3) is 4.55. The Balaban J connectivity index is 3.59. The number of halogens is 3. The molecule has 1 heterocycles. The summed E-state index contributed by atoms with van der Waals surface area (Å²) in [5, 5.41) is 2.85. The van der Waals surface area contributed by atoms with Crippen molar-refractivity contribution in [3.05, 3.63) is 22.5 Å². The molecule has 0 aromatic rings. The van der Waals surface area contributed by atoms with Gasteiger partial charge < -0.3 is 14.8 Å².